The van der Waals surface area contributed by atoms with Crippen LogP contribution < -0.4 is 16.4 Å². The van der Waals surface area contributed by atoms with Gasteiger partial charge in [-0.05, 0) is 19.1 Å². The van der Waals surface area contributed by atoms with Gasteiger partial charge in [0, 0.05) is 41.8 Å². The molecule has 2 amide bonds. The minimum atomic E-state index is -4.55. The number of rotatable bonds is 5. The molecule has 14 heteroatoms. The molecule has 170 valence electrons. The van der Waals surface area contributed by atoms with Gasteiger partial charge in [-0.1, -0.05) is 0 Å². The number of H-pyrrole nitrogens is 1. The number of hydrogen-bond donors (Lipinski definition) is 3. The van der Waals surface area contributed by atoms with Crippen molar-refractivity contribution in [3.8, 4) is 33.2 Å². The lowest BCUT2D eigenvalue weighted by Crippen LogP contribution is -2.28. The van der Waals surface area contributed by atoms with Crippen molar-refractivity contribution in [2.24, 2.45) is 0 Å². The number of urea groups is 1. The number of anilines is 1. The number of carbonyl (C=O) groups excluding carboxylic acids is 1. The molecule has 33 heavy (non-hydrogen) atoms. The first kappa shape index (κ1) is 22.1. The van der Waals surface area contributed by atoms with Gasteiger partial charge in [-0.15, -0.1) is 16.4 Å². The molecule has 0 aliphatic carbocycles. The molecule has 4 aromatic rings. The SMILES string of the molecule is CCNC(=O)Nc1cc(-c2ncc(C(F)(F)F)s2)c(-c2cncc(-c3n[nH]c(=O)o3)c2)cn1. The Balaban J connectivity index is 1.81. The molecule has 0 fully saturated rings. The summed E-state index contributed by atoms with van der Waals surface area (Å²) < 4.78 is 44.4. The maximum absolute atomic E-state index is 13.2. The molecular weight excluding hydrogens is 463 g/mol. The number of aromatic amines is 1. The van der Waals surface area contributed by atoms with E-state index in [-0.39, 0.29) is 16.7 Å². The van der Waals surface area contributed by atoms with Gasteiger partial charge in [0.1, 0.15) is 15.7 Å². The summed E-state index contributed by atoms with van der Waals surface area (Å²) in [7, 11) is 0. The first-order valence-corrected chi connectivity index (χ1v) is 10.2. The summed E-state index contributed by atoms with van der Waals surface area (Å²) in [6, 6.07) is 2.49. The smallest absolute Gasteiger partial charge is 0.388 e. The number of carbonyl (C=O) groups is 1. The third-order valence-electron chi connectivity index (χ3n) is 4.23. The highest BCUT2D eigenvalue weighted by atomic mass is 32.1. The van der Waals surface area contributed by atoms with E-state index in [0.717, 1.165) is 6.20 Å². The molecule has 0 aliphatic rings. The molecule has 4 rings (SSSR count). The van der Waals surface area contributed by atoms with Crippen LogP contribution in [0.4, 0.5) is 23.8 Å². The number of nitrogens with zero attached hydrogens (tertiary/aromatic N) is 4. The average molecular weight is 477 g/mol. The van der Waals surface area contributed by atoms with E-state index in [4.69, 9.17) is 4.42 Å². The summed E-state index contributed by atoms with van der Waals surface area (Å²) in [5, 5.41) is 11.0. The molecule has 0 aromatic carbocycles. The lowest BCUT2D eigenvalue weighted by Gasteiger charge is -2.11. The Morgan fingerprint density at radius 1 is 1.12 bits per heavy atom. The highest BCUT2D eigenvalue weighted by Crippen LogP contribution is 2.40. The second-order valence-corrected chi connectivity index (χ2v) is 7.54. The van der Waals surface area contributed by atoms with E-state index < -0.39 is 22.8 Å². The summed E-state index contributed by atoms with van der Waals surface area (Å²) in [5.74, 6) is -0.640. The van der Waals surface area contributed by atoms with E-state index in [9.17, 15) is 22.8 Å². The summed E-state index contributed by atoms with van der Waals surface area (Å²) >= 11 is 0.454. The van der Waals surface area contributed by atoms with E-state index in [1.54, 1.807) is 13.0 Å². The largest absolute Gasteiger partial charge is 0.434 e. The van der Waals surface area contributed by atoms with Crippen molar-refractivity contribution in [2.45, 2.75) is 13.1 Å². The highest BCUT2D eigenvalue weighted by Gasteiger charge is 2.33. The van der Waals surface area contributed by atoms with E-state index in [1.807, 2.05) is 0 Å². The molecule has 0 radical (unpaired) electrons. The van der Waals surface area contributed by atoms with Crippen LogP contribution in [0.3, 0.4) is 0 Å². The number of pyridine rings is 2. The van der Waals surface area contributed by atoms with E-state index in [0.29, 0.717) is 40.1 Å². The predicted molar refractivity (Wildman–Crippen MR) is 112 cm³/mol. The minimum Gasteiger partial charge on any atom is -0.388 e. The quantitative estimate of drug-likeness (QED) is 0.398. The lowest BCUT2D eigenvalue weighted by atomic mass is 10.0. The molecule has 0 atom stereocenters. The molecule has 10 nitrogen and oxygen atoms in total. The summed E-state index contributed by atoms with van der Waals surface area (Å²) in [6.07, 6.45) is 0.446. The first-order valence-electron chi connectivity index (χ1n) is 9.34. The summed E-state index contributed by atoms with van der Waals surface area (Å²) in [5.41, 5.74) is 1.50. The molecule has 3 N–H and O–H groups in total. The van der Waals surface area contributed by atoms with Gasteiger partial charge in [-0.2, -0.15) is 13.2 Å². The molecule has 4 aromatic heterocycles. The number of nitrogens with one attached hydrogen (secondary N) is 3. The zero-order valence-corrected chi connectivity index (χ0v) is 17.5. The number of alkyl halides is 3. The fourth-order valence-corrected chi connectivity index (χ4v) is 3.65. The third kappa shape index (κ3) is 4.90. The van der Waals surface area contributed by atoms with Gasteiger partial charge in [0.25, 0.3) is 5.89 Å². The van der Waals surface area contributed by atoms with Crippen LogP contribution in [0, 0.1) is 0 Å². The van der Waals surface area contributed by atoms with Crippen molar-refractivity contribution >= 4 is 23.2 Å². The van der Waals surface area contributed by atoms with Gasteiger partial charge in [0.15, 0.2) is 0 Å². The van der Waals surface area contributed by atoms with Gasteiger partial charge in [-0.3, -0.25) is 10.3 Å². The van der Waals surface area contributed by atoms with Crippen LogP contribution in [0.5, 0.6) is 0 Å². The molecule has 4 heterocycles. The Bertz CT molecular complexity index is 1360. The van der Waals surface area contributed by atoms with Crippen LogP contribution in [0.25, 0.3) is 33.2 Å². The van der Waals surface area contributed by atoms with Crippen molar-refractivity contribution in [1.82, 2.24) is 30.5 Å². The number of aromatic nitrogens is 5. The van der Waals surface area contributed by atoms with Gasteiger partial charge in [0.05, 0.1) is 11.8 Å². The fraction of sp³-hybridized carbons (Fsp3) is 0.158. The maximum Gasteiger partial charge on any atom is 0.434 e. The Morgan fingerprint density at radius 3 is 2.58 bits per heavy atom. The van der Waals surface area contributed by atoms with Crippen LogP contribution >= 0.6 is 11.3 Å². The number of thiazole rings is 1. The fourth-order valence-electron chi connectivity index (χ4n) is 2.84. The molecule has 0 aliphatic heterocycles. The van der Waals surface area contributed by atoms with Gasteiger partial charge in [0.2, 0.25) is 0 Å². The van der Waals surface area contributed by atoms with Crippen LogP contribution in [0.15, 0.2) is 46.1 Å². The second-order valence-electron chi connectivity index (χ2n) is 6.51. The van der Waals surface area contributed by atoms with Crippen molar-refractivity contribution < 1.29 is 22.4 Å². The minimum absolute atomic E-state index is 0.00742. The van der Waals surface area contributed by atoms with Gasteiger partial charge < -0.3 is 9.73 Å². The van der Waals surface area contributed by atoms with Gasteiger partial charge >= 0.3 is 18.0 Å². The average Bonchev–Trinajstić information content (AvgIpc) is 3.43. The summed E-state index contributed by atoms with van der Waals surface area (Å²) in [6.45, 7) is 2.11. The van der Waals surface area contributed by atoms with Crippen molar-refractivity contribution in [2.75, 3.05) is 11.9 Å². The van der Waals surface area contributed by atoms with Crippen LogP contribution in [-0.2, 0) is 6.18 Å². The van der Waals surface area contributed by atoms with Crippen LogP contribution in [0.2, 0.25) is 0 Å². The van der Waals surface area contributed by atoms with E-state index in [2.05, 4.69) is 35.8 Å². The van der Waals surface area contributed by atoms with Crippen molar-refractivity contribution in [3.63, 3.8) is 0 Å². The Kier molecular flexibility index (Phi) is 5.91. The third-order valence-corrected chi connectivity index (χ3v) is 5.31. The van der Waals surface area contributed by atoms with Crippen molar-refractivity contribution in [3.05, 3.63) is 52.3 Å². The van der Waals surface area contributed by atoms with Crippen LogP contribution in [0.1, 0.15) is 11.8 Å². The molecule has 0 saturated carbocycles. The normalized spacial score (nSPS) is 11.4. The van der Waals surface area contributed by atoms with E-state index >= 15 is 0 Å². The monoisotopic (exact) mass is 477 g/mol. The highest BCUT2D eigenvalue weighted by molar-refractivity contribution is 7.15. The zero-order valence-electron chi connectivity index (χ0n) is 16.7. The maximum atomic E-state index is 13.2. The predicted octanol–water partition coefficient (Wildman–Crippen LogP) is 3.77. The Hall–Kier alpha value is -4.07. The Morgan fingerprint density at radius 2 is 1.91 bits per heavy atom. The zero-order chi connectivity index (χ0) is 23.6. The lowest BCUT2D eigenvalue weighted by molar-refractivity contribution is -0.134. The molecule has 0 bridgehead atoms. The topological polar surface area (TPSA) is 139 Å². The molecular formula is C19H14F3N7O3S. The Labute approximate surface area is 186 Å². The van der Waals surface area contributed by atoms with Gasteiger partial charge in [-0.25, -0.2) is 24.7 Å². The number of halogens is 3. The summed E-state index contributed by atoms with van der Waals surface area (Å²) in [4.78, 5) is 34.5. The second kappa shape index (κ2) is 8.82. The van der Waals surface area contributed by atoms with Crippen LogP contribution in [-0.4, -0.2) is 37.7 Å². The molecule has 0 saturated heterocycles. The first-order chi connectivity index (χ1) is 15.7. The van der Waals surface area contributed by atoms with E-state index in [1.165, 1.54) is 24.7 Å². The molecule has 0 spiro atoms. The number of amides is 2. The van der Waals surface area contributed by atoms with Crippen molar-refractivity contribution in [1.29, 1.82) is 0 Å². The number of hydrogen-bond acceptors (Lipinski definition) is 8. The molecule has 0 unspecified atom stereocenters. The standard InChI is InChI=1S/C19H14F3N7O3S/c1-2-24-17(30)27-14-4-11(16-26-8-13(33-16)19(20,21)22)12(7-25-14)9-3-10(6-23-5-9)15-28-29-18(31)32-15/h3-8H,2H2,1H3,(H,29,31)(H2,24,25,27,30).